The van der Waals surface area contributed by atoms with Crippen LogP contribution < -0.4 is 16.5 Å². The lowest BCUT2D eigenvalue weighted by molar-refractivity contribution is -0.136. The average Bonchev–Trinajstić information content (AvgIpc) is 3.46. The second-order valence-electron chi connectivity index (χ2n) is 14.4. The van der Waals surface area contributed by atoms with Crippen LogP contribution in [0.4, 0.5) is 13.2 Å². The monoisotopic (exact) mass is 559 g/mol. The Morgan fingerprint density at radius 3 is 2.55 bits per heavy atom. The molecule has 0 aromatic carbocycles. The van der Waals surface area contributed by atoms with E-state index in [0.717, 1.165) is 58.2 Å². The van der Waals surface area contributed by atoms with E-state index >= 15 is 0 Å². The van der Waals surface area contributed by atoms with Gasteiger partial charge in [0.25, 0.3) is 0 Å². The number of rotatable bonds is 5. The van der Waals surface area contributed by atoms with Gasteiger partial charge in [0, 0.05) is 44.1 Å². The van der Waals surface area contributed by atoms with E-state index in [2.05, 4.69) is 29.6 Å². The molecule has 2 aliphatic heterocycles. The molecule has 5 fully saturated rings. The van der Waals surface area contributed by atoms with E-state index in [9.17, 15) is 18.0 Å². The van der Waals surface area contributed by atoms with Crippen LogP contribution in [0.3, 0.4) is 0 Å². The third-order valence-electron chi connectivity index (χ3n) is 11.4. The molecule has 4 heterocycles. The first kappa shape index (κ1) is 27.0. The van der Waals surface area contributed by atoms with Gasteiger partial charge in [0.05, 0.1) is 11.1 Å². The zero-order chi connectivity index (χ0) is 27.9. The maximum Gasteiger partial charge on any atom is 0.418 e. The summed E-state index contributed by atoms with van der Waals surface area (Å²) in [5.74, 6) is 1.56. The second kappa shape index (κ2) is 9.60. The van der Waals surface area contributed by atoms with E-state index in [1.54, 1.807) is 10.8 Å². The van der Waals surface area contributed by atoms with Crippen molar-refractivity contribution >= 4 is 5.52 Å². The molecule has 7 rings (SSSR count). The molecule has 5 atom stereocenters. The highest BCUT2D eigenvalue weighted by Gasteiger charge is 2.66. The molecule has 220 valence electrons. The van der Waals surface area contributed by atoms with Crippen LogP contribution >= 0.6 is 0 Å². The molecule has 2 N–H and O–H groups in total. The van der Waals surface area contributed by atoms with Gasteiger partial charge in [-0.05, 0) is 105 Å². The van der Waals surface area contributed by atoms with Crippen LogP contribution in [0.25, 0.3) is 5.52 Å². The largest absolute Gasteiger partial charge is 0.418 e. The van der Waals surface area contributed by atoms with Crippen molar-refractivity contribution in [3.8, 4) is 0 Å². The number of halogens is 3. The van der Waals surface area contributed by atoms with Crippen molar-refractivity contribution < 1.29 is 13.2 Å². The Hall–Kier alpha value is -1.84. The zero-order valence-corrected chi connectivity index (χ0v) is 23.9. The van der Waals surface area contributed by atoms with Crippen molar-refractivity contribution in [2.24, 2.45) is 28.6 Å². The lowest BCUT2D eigenvalue weighted by Crippen LogP contribution is -2.59. The van der Waals surface area contributed by atoms with Crippen LogP contribution in [-0.4, -0.2) is 39.5 Å². The third kappa shape index (κ3) is 4.55. The first-order valence-electron chi connectivity index (χ1n) is 15.6. The Bertz CT molecular complexity index is 1320. The molecule has 2 saturated heterocycles. The predicted molar refractivity (Wildman–Crippen MR) is 149 cm³/mol. The molecular formula is C31H44F3N5O. The lowest BCUT2D eigenvalue weighted by Gasteiger charge is -2.59. The second-order valence-corrected chi connectivity index (χ2v) is 14.4. The number of hydrazine groups is 1. The topological polar surface area (TPSA) is 53.7 Å². The van der Waals surface area contributed by atoms with Gasteiger partial charge in [0.1, 0.15) is 0 Å². The summed E-state index contributed by atoms with van der Waals surface area (Å²) in [7, 11) is 0. The van der Waals surface area contributed by atoms with E-state index in [1.165, 1.54) is 42.3 Å². The number of aromatic nitrogens is 2. The highest BCUT2D eigenvalue weighted by molar-refractivity contribution is 5.56. The molecule has 5 aliphatic rings. The third-order valence-corrected chi connectivity index (χ3v) is 11.4. The molecular weight excluding hydrogens is 515 g/mol. The average molecular weight is 560 g/mol. The summed E-state index contributed by atoms with van der Waals surface area (Å²) in [5.41, 5.74) is 7.30. The van der Waals surface area contributed by atoms with Gasteiger partial charge >= 0.3 is 11.9 Å². The number of imidazole rings is 1. The van der Waals surface area contributed by atoms with Gasteiger partial charge in [-0.15, -0.1) is 0 Å². The van der Waals surface area contributed by atoms with Crippen LogP contribution in [-0.2, 0) is 12.7 Å². The number of hydrogen-bond acceptors (Lipinski definition) is 4. The predicted octanol–water partition coefficient (Wildman–Crippen LogP) is 5.76. The Labute approximate surface area is 234 Å². The molecule has 4 unspecified atom stereocenters. The van der Waals surface area contributed by atoms with Crippen LogP contribution in [0.1, 0.15) is 95.2 Å². The summed E-state index contributed by atoms with van der Waals surface area (Å²) in [5, 5.41) is 0. The fourth-order valence-electron chi connectivity index (χ4n) is 9.40. The molecule has 3 saturated carbocycles. The smallest absolute Gasteiger partial charge is 0.299 e. The maximum atomic E-state index is 14.3. The minimum atomic E-state index is -4.52. The summed E-state index contributed by atoms with van der Waals surface area (Å²) in [6, 6.07) is 1.64. The fourth-order valence-corrected chi connectivity index (χ4v) is 9.40. The Balaban J connectivity index is 1.20. The first-order valence-corrected chi connectivity index (χ1v) is 15.6. The van der Waals surface area contributed by atoms with Gasteiger partial charge in [-0.2, -0.15) is 13.2 Å². The molecule has 3 aliphatic carbocycles. The van der Waals surface area contributed by atoms with Crippen molar-refractivity contribution in [1.82, 2.24) is 24.7 Å². The van der Waals surface area contributed by atoms with Crippen molar-refractivity contribution in [1.29, 1.82) is 0 Å². The quantitative estimate of drug-likeness (QED) is 0.490. The van der Waals surface area contributed by atoms with Gasteiger partial charge in [0.15, 0.2) is 0 Å². The van der Waals surface area contributed by atoms with Gasteiger partial charge in [0.2, 0.25) is 0 Å². The number of fused-ring (bicyclic) bond motifs is 1. The molecule has 0 radical (unpaired) electrons. The molecule has 2 aromatic heterocycles. The number of piperidine rings is 1. The summed E-state index contributed by atoms with van der Waals surface area (Å²) in [4.78, 5) is 16.0. The number of alkyl halides is 3. The van der Waals surface area contributed by atoms with E-state index in [0.29, 0.717) is 41.3 Å². The summed E-state index contributed by atoms with van der Waals surface area (Å²) in [6.07, 6.45) is 9.94. The number of hydrogen-bond donors (Lipinski definition) is 2. The molecule has 1 spiro atoms. The minimum Gasteiger partial charge on any atom is -0.299 e. The van der Waals surface area contributed by atoms with E-state index in [1.807, 2.05) is 0 Å². The van der Waals surface area contributed by atoms with E-state index in [4.69, 9.17) is 0 Å². The van der Waals surface area contributed by atoms with Crippen molar-refractivity contribution in [2.45, 2.75) is 103 Å². The standard InChI is InChI=1S/C31H44F3N5O/c1-20-5-4-10-37(14-20)15-22-11-25(31(32,33)34)26-17-38(28(40)39(26)16-22)24-7-3-6-23(12-24)30(18-29(19-30)8-9-29)27-21(2)13-35-36-27/h11,16-17,20-21,23-24,27,35-36H,3-10,12-15,18-19H2,1-2H3/t20-,21?,23?,24?,27?/m0/s1. The van der Waals surface area contributed by atoms with Gasteiger partial charge < -0.3 is 0 Å². The number of likely N-dealkylation sites (tertiary alicyclic amines) is 1. The SMILES string of the molecule is CC1CNNC1C1(C2CCCC(n3cc4c(C(F)(F)F)cc(CN5CCC[C@H](C)C5)cn4c3=O)C2)CC2(CC2)C1. The Kier molecular flexibility index (Phi) is 6.48. The minimum absolute atomic E-state index is 0.0130. The molecule has 0 amide bonds. The maximum absolute atomic E-state index is 14.3. The van der Waals surface area contributed by atoms with Crippen LogP contribution in [0.2, 0.25) is 0 Å². The Morgan fingerprint density at radius 2 is 1.88 bits per heavy atom. The highest BCUT2D eigenvalue weighted by Crippen LogP contribution is 2.73. The summed E-state index contributed by atoms with van der Waals surface area (Å²) in [6.45, 7) is 7.69. The van der Waals surface area contributed by atoms with Crippen molar-refractivity contribution in [3.63, 3.8) is 0 Å². The number of nitrogens with one attached hydrogen (secondary N) is 2. The van der Waals surface area contributed by atoms with Gasteiger partial charge in [-0.25, -0.2) is 4.79 Å². The van der Waals surface area contributed by atoms with Gasteiger partial charge in [-0.1, -0.05) is 20.3 Å². The van der Waals surface area contributed by atoms with Crippen LogP contribution in [0.5, 0.6) is 0 Å². The van der Waals surface area contributed by atoms with E-state index < -0.39 is 11.7 Å². The molecule has 2 aromatic rings. The zero-order valence-electron chi connectivity index (χ0n) is 23.9. The summed E-state index contributed by atoms with van der Waals surface area (Å²) < 4.78 is 45.9. The van der Waals surface area contributed by atoms with Gasteiger partial charge in [-0.3, -0.25) is 24.7 Å². The number of nitrogens with zero attached hydrogens (tertiary/aromatic N) is 3. The molecule has 6 nitrogen and oxygen atoms in total. The lowest BCUT2D eigenvalue weighted by atomic mass is 9.47. The molecule has 0 bridgehead atoms. The van der Waals surface area contributed by atoms with Crippen molar-refractivity contribution in [3.05, 3.63) is 40.1 Å². The fraction of sp³-hybridized carbons (Fsp3) is 0.774. The normalized spacial score (nSPS) is 33.9. The van der Waals surface area contributed by atoms with Crippen LogP contribution in [0, 0.1) is 28.6 Å². The van der Waals surface area contributed by atoms with Crippen LogP contribution in [0.15, 0.2) is 23.3 Å². The Morgan fingerprint density at radius 1 is 1.07 bits per heavy atom. The number of pyridine rings is 1. The first-order chi connectivity index (χ1) is 19.1. The highest BCUT2D eigenvalue weighted by atomic mass is 19.4. The van der Waals surface area contributed by atoms with E-state index in [-0.39, 0.29) is 22.7 Å². The van der Waals surface area contributed by atoms with Crippen molar-refractivity contribution in [2.75, 3.05) is 19.6 Å². The molecule has 9 heteroatoms. The summed E-state index contributed by atoms with van der Waals surface area (Å²) >= 11 is 0. The molecule has 40 heavy (non-hydrogen) atoms.